The Morgan fingerprint density at radius 2 is 2.00 bits per heavy atom. The maximum Gasteiger partial charge on any atom is 0.330 e. The van der Waals surface area contributed by atoms with Crippen LogP contribution in [0.5, 0.6) is 0 Å². The molecule has 0 spiro atoms. The molecule has 0 unspecified atom stereocenters. The third-order valence-electron chi connectivity index (χ3n) is 3.50. The first kappa shape index (κ1) is 19.0. The first-order valence-corrected chi connectivity index (χ1v) is 8.41. The van der Waals surface area contributed by atoms with E-state index in [1.807, 2.05) is 36.4 Å². The Morgan fingerprint density at radius 1 is 1.21 bits per heavy atom. The van der Waals surface area contributed by atoms with Crippen molar-refractivity contribution in [3.8, 4) is 17.5 Å². The number of hydrogen-bond acceptors (Lipinski definition) is 7. The van der Waals surface area contributed by atoms with Crippen molar-refractivity contribution in [3.63, 3.8) is 0 Å². The van der Waals surface area contributed by atoms with Crippen molar-refractivity contribution < 1.29 is 14.3 Å². The smallest absolute Gasteiger partial charge is 0.330 e. The Morgan fingerprint density at radius 3 is 2.75 bits per heavy atom. The second kappa shape index (κ2) is 8.75. The number of hydrogen-bond donors (Lipinski definition) is 1. The summed E-state index contributed by atoms with van der Waals surface area (Å²) in [5.41, 5.74) is 1.24. The topological polar surface area (TPSA) is 123 Å². The van der Waals surface area contributed by atoms with Crippen LogP contribution in [0.25, 0.3) is 11.4 Å². The summed E-state index contributed by atoms with van der Waals surface area (Å²) in [6.45, 7) is -0.829. The minimum absolute atomic E-state index is 0.237. The highest BCUT2D eigenvalue weighted by Crippen LogP contribution is 2.20. The number of ether oxygens (including phenoxy) is 1. The molecule has 28 heavy (non-hydrogen) atoms. The molecular formula is C18H13ClN6O3. The molecule has 0 aliphatic heterocycles. The molecule has 1 aromatic heterocycles. The Kier molecular flexibility index (Phi) is 5.94. The van der Waals surface area contributed by atoms with Crippen molar-refractivity contribution in [2.45, 2.75) is 6.54 Å². The van der Waals surface area contributed by atoms with Crippen LogP contribution >= 0.6 is 11.6 Å². The van der Waals surface area contributed by atoms with Crippen molar-refractivity contribution in [1.82, 2.24) is 20.2 Å². The maximum absolute atomic E-state index is 11.9. The van der Waals surface area contributed by atoms with E-state index in [-0.39, 0.29) is 17.8 Å². The molecular weight excluding hydrogens is 384 g/mol. The molecule has 10 heteroatoms. The minimum atomic E-state index is -0.709. The molecule has 0 atom stereocenters. The van der Waals surface area contributed by atoms with Crippen LogP contribution in [-0.4, -0.2) is 38.7 Å². The number of amides is 1. The number of tetrazole rings is 1. The van der Waals surface area contributed by atoms with Crippen LogP contribution in [0.3, 0.4) is 0 Å². The second-order valence-electron chi connectivity index (χ2n) is 5.52. The maximum atomic E-state index is 11.9. The summed E-state index contributed by atoms with van der Waals surface area (Å²) in [5, 5.41) is 23.6. The van der Waals surface area contributed by atoms with Gasteiger partial charge < -0.3 is 10.1 Å². The third-order valence-corrected chi connectivity index (χ3v) is 3.73. The van der Waals surface area contributed by atoms with E-state index < -0.39 is 18.5 Å². The van der Waals surface area contributed by atoms with Gasteiger partial charge in [-0.05, 0) is 23.4 Å². The largest absolute Gasteiger partial charge is 0.454 e. The average molecular weight is 397 g/mol. The van der Waals surface area contributed by atoms with Gasteiger partial charge in [-0.25, -0.2) is 4.79 Å². The molecule has 1 heterocycles. The first-order valence-electron chi connectivity index (χ1n) is 8.03. The predicted molar refractivity (Wildman–Crippen MR) is 99.0 cm³/mol. The quantitative estimate of drug-likeness (QED) is 0.632. The zero-order chi connectivity index (χ0) is 19.9. The van der Waals surface area contributed by atoms with Gasteiger partial charge in [0, 0.05) is 10.6 Å². The van der Waals surface area contributed by atoms with Crippen LogP contribution in [0.15, 0.2) is 48.5 Å². The van der Waals surface area contributed by atoms with Gasteiger partial charge in [0.15, 0.2) is 13.2 Å². The summed E-state index contributed by atoms with van der Waals surface area (Å²) >= 11 is 5.85. The number of carbonyl (C=O) groups excluding carboxylic acids is 2. The van der Waals surface area contributed by atoms with E-state index in [1.54, 1.807) is 0 Å². The number of nitriles is 1. The van der Waals surface area contributed by atoms with Gasteiger partial charge in [0.2, 0.25) is 5.82 Å². The van der Waals surface area contributed by atoms with Crippen molar-refractivity contribution in [1.29, 1.82) is 5.26 Å². The molecule has 0 bridgehead atoms. The highest BCUT2D eigenvalue weighted by atomic mass is 35.5. The van der Waals surface area contributed by atoms with Crippen LogP contribution in [0.4, 0.5) is 5.69 Å². The van der Waals surface area contributed by atoms with Crippen molar-refractivity contribution in [2.24, 2.45) is 0 Å². The molecule has 0 saturated carbocycles. The third kappa shape index (κ3) is 4.90. The van der Waals surface area contributed by atoms with Gasteiger partial charge in [0.1, 0.15) is 6.07 Å². The number of rotatable bonds is 6. The molecule has 140 valence electrons. The van der Waals surface area contributed by atoms with Crippen molar-refractivity contribution in [3.05, 3.63) is 59.1 Å². The number of carbonyl (C=O) groups is 2. The highest BCUT2D eigenvalue weighted by molar-refractivity contribution is 6.31. The Bertz CT molecular complexity index is 1040. The Balaban J connectivity index is 1.52. The number of anilines is 1. The minimum Gasteiger partial charge on any atom is -0.454 e. The molecule has 0 aliphatic carbocycles. The summed E-state index contributed by atoms with van der Waals surface area (Å²) in [4.78, 5) is 24.9. The number of nitrogens with one attached hydrogen (secondary N) is 1. The summed E-state index contributed by atoms with van der Waals surface area (Å²) < 4.78 is 4.90. The first-order chi connectivity index (χ1) is 13.5. The van der Waals surface area contributed by atoms with Gasteiger partial charge in [0.25, 0.3) is 5.91 Å². The zero-order valence-corrected chi connectivity index (χ0v) is 15.1. The van der Waals surface area contributed by atoms with Crippen LogP contribution in [0.1, 0.15) is 5.56 Å². The van der Waals surface area contributed by atoms with Crippen LogP contribution in [-0.2, 0) is 20.9 Å². The van der Waals surface area contributed by atoms with Gasteiger partial charge in [-0.3, -0.25) is 4.79 Å². The van der Waals surface area contributed by atoms with E-state index in [1.165, 1.54) is 18.2 Å². The van der Waals surface area contributed by atoms with Gasteiger partial charge in [-0.1, -0.05) is 41.9 Å². The monoisotopic (exact) mass is 396 g/mol. The lowest BCUT2D eigenvalue weighted by Crippen LogP contribution is -2.24. The summed E-state index contributed by atoms with van der Waals surface area (Å²) in [6.07, 6.45) is 0. The highest BCUT2D eigenvalue weighted by Gasteiger charge is 2.13. The molecule has 0 radical (unpaired) electrons. The van der Waals surface area contributed by atoms with Crippen LogP contribution < -0.4 is 5.32 Å². The number of halogens is 1. The van der Waals surface area contributed by atoms with E-state index in [9.17, 15) is 9.59 Å². The van der Waals surface area contributed by atoms with E-state index in [2.05, 4.69) is 20.7 Å². The zero-order valence-electron chi connectivity index (χ0n) is 14.4. The summed E-state index contributed by atoms with van der Waals surface area (Å²) in [7, 11) is 0. The SMILES string of the molecule is N#Cc1ccc(Cl)cc1NC(=O)COC(=O)Cn1nnc(-c2ccccc2)n1. The normalized spacial score (nSPS) is 10.1. The lowest BCUT2D eigenvalue weighted by molar-refractivity contribution is -0.148. The lowest BCUT2D eigenvalue weighted by Gasteiger charge is -2.08. The van der Waals surface area contributed by atoms with Crippen LogP contribution in [0, 0.1) is 11.3 Å². The molecule has 1 N–H and O–H groups in total. The molecule has 0 saturated heterocycles. The fourth-order valence-corrected chi connectivity index (χ4v) is 2.40. The number of aromatic nitrogens is 4. The molecule has 9 nitrogen and oxygen atoms in total. The lowest BCUT2D eigenvalue weighted by atomic mass is 10.2. The molecule has 3 rings (SSSR count). The van der Waals surface area contributed by atoms with Gasteiger partial charge in [-0.15, -0.1) is 10.2 Å². The van der Waals surface area contributed by atoms with E-state index >= 15 is 0 Å². The Labute approximate surface area is 164 Å². The molecule has 0 aliphatic rings. The van der Waals surface area contributed by atoms with E-state index in [0.29, 0.717) is 10.8 Å². The molecule has 0 fully saturated rings. The predicted octanol–water partition coefficient (Wildman–Crippen LogP) is 2.05. The average Bonchev–Trinajstić information content (AvgIpc) is 3.16. The fraction of sp³-hybridized carbons (Fsp3) is 0.111. The molecule has 3 aromatic rings. The standard InChI is InChI=1S/C18H13ClN6O3/c19-14-7-6-13(9-20)15(8-14)21-16(26)11-28-17(27)10-25-23-18(22-24-25)12-4-2-1-3-5-12/h1-8H,10-11H2,(H,21,26). The van der Waals surface area contributed by atoms with Crippen molar-refractivity contribution >= 4 is 29.2 Å². The van der Waals surface area contributed by atoms with E-state index in [0.717, 1.165) is 10.4 Å². The van der Waals surface area contributed by atoms with Gasteiger partial charge in [0.05, 0.1) is 11.3 Å². The summed E-state index contributed by atoms with van der Waals surface area (Å²) in [5.74, 6) is -0.946. The van der Waals surface area contributed by atoms with Gasteiger partial charge in [-0.2, -0.15) is 10.1 Å². The summed E-state index contributed by atoms with van der Waals surface area (Å²) in [6, 6.07) is 15.5. The number of nitrogens with zero attached hydrogens (tertiary/aromatic N) is 5. The number of benzene rings is 2. The van der Waals surface area contributed by atoms with E-state index in [4.69, 9.17) is 21.6 Å². The fourth-order valence-electron chi connectivity index (χ4n) is 2.22. The van der Waals surface area contributed by atoms with Gasteiger partial charge >= 0.3 is 5.97 Å². The van der Waals surface area contributed by atoms with Crippen molar-refractivity contribution in [2.75, 3.05) is 11.9 Å². The molecule has 2 aromatic carbocycles. The number of esters is 1. The molecule has 1 amide bonds. The Hall–Kier alpha value is -3.77. The van der Waals surface area contributed by atoms with Crippen LogP contribution in [0.2, 0.25) is 5.02 Å². The second-order valence-corrected chi connectivity index (χ2v) is 5.96.